The maximum atomic E-state index is 13.3. The highest BCUT2D eigenvalue weighted by atomic mass is 32.2. The lowest BCUT2D eigenvalue weighted by molar-refractivity contribution is 0.0730. The molecule has 0 spiro atoms. The number of carbonyl (C=O) groups is 1. The van der Waals surface area contributed by atoms with Crippen LogP contribution in [0.3, 0.4) is 0 Å². The van der Waals surface area contributed by atoms with E-state index < -0.39 is 10.0 Å². The van der Waals surface area contributed by atoms with Crippen molar-refractivity contribution in [1.29, 1.82) is 0 Å². The highest BCUT2D eigenvalue weighted by Crippen LogP contribution is 2.28. The molecule has 2 atom stereocenters. The standard InChI is InChI=1S/C25H32N2O3S/c1-20-9-5-6-18-27(20)31(29,30)24-14-7-12-22(19-24)25(28)26-17-8-13-23(26)16-15-21-10-3-2-4-11-21/h2-4,7,10-12,14,19-20,23H,5-6,8-9,13,15-18H2,1H3. The normalized spacial score (nSPS) is 22.5. The third-order valence-electron chi connectivity index (χ3n) is 6.68. The Morgan fingerprint density at radius 3 is 2.55 bits per heavy atom. The Labute approximate surface area is 186 Å². The van der Waals surface area contributed by atoms with Crippen LogP contribution in [0.4, 0.5) is 0 Å². The third kappa shape index (κ3) is 4.85. The maximum Gasteiger partial charge on any atom is 0.254 e. The largest absolute Gasteiger partial charge is 0.336 e. The topological polar surface area (TPSA) is 57.7 Å². The first-order chi connectivity index (χ1) is 15.0. The zero-order valence-electron chi connectivity index (χ0n) is 18.2. The summed E-state index contributed by atoms with van der Waals surface area (Å²) >= 11 is 0. The maximum absolute atomic E-state index is 13.3. The van der Waals surface area contributed by atoms with E-state index in [1.165, 1.54) is 5.56 Å². The van der Waals surface area contributed by atoms with Gasteiger partial charge in [0.2, 0.25) is 10.0 Å². The lowest BCUT2D eigenvalue weighted by atomic mass is 10.0. The second-order valence-corrected chi connectivity index (χ2v) is 10.7. The van der Waals surface area contributed by atoms with E-state index in [2.05, 4.69) is 12.1 Å². The molecule has 0 saturated carbocycles. The van der Waals surface area contributed by atoms with Gasteiger partial charge in [0.1, 0.15) is 0 Å². The average Bonchev–Trinajstić information content (AvgIpc) is 3.27. The second kappa shape index (κ2) is 9.53. The number of carbonyl (C=O) groups excluding carboxylic acids is 1. The molecule has 2 aliphatic rings. The molecule has 4 rings (SSSR count). The number of amides is 1. The lowest BCUT2D eigenvalue weighted by Crippen LogP contribution is -2.42. The fraction of sp³-hybridized carbons (Fsp3) is 0.480. The Bertz CT molecular complexity index is 1010. The molecule has 0 N–H and O–H groups in total. The Morgan fingerprint density at radius 2 is 1.77 bits per heavy atom. The first-order valence-electron chi connectivity index (χ1n) is 11.4. The monoisotopic (exact) mass is 440 g/mol. The van der Waals surface area contributed by atoms with Gasteiger partial charge in [-0.25, -0.2) is 8.42 Å². The molecule has 2 aromatic carbocycles. The minimum atomic E-state index is -3.59. The summed E-state index contributed by atoms with van der Waals surface area (Å²) in [6.45, 7) is 3.25. The molecule has 0 bridgehead atoms. The Kier molecular flexibility index (Phi) is 6.77. The van der Waals surface area contributed by atoms with Crippen molar-refractivity contribution in [3.8, 4) is 0 Å². The molecule has 0 aliphatic carbocycles. The summed E-state index contributed by atoms with van der Waals surface area (Å²) in [6, 6.07) is 17.2. The van der Waals surface area contributed by atoms with Gasteiger partial charge in [0.05, 0.1) is 4.90 Å². The minimum Gasteiger partial charge on any atom is -0.336 e. The van der Waals surface area contributed by atoms with Crippen LogP contribution in [0.15, 0.2) is 59.5 Å². The molecule has 2 aliphatic heterocycles. The molecule has 31 heavy (non-hydrogen) atoms. The highest BCUT2D eigenvalue weighted by molar-refractivity contribution is 7.89. The van der Waals surface area contributed by atoms with Gasteiger partial charge in [0, 0.05) is 30.7 Å². The summed E-state index contributed by atoms with van der Waals surface area (Å²) in [5, 5.41) is 0. The van der Waals surface area contributed by atoms with Crippen LogP contribution >= 0.6 is 0 Å². The van der Waals surface area contributed by atoms with Gasteiger partial charge in [-0.1, -0.05) is 42.8 Å². The van der Waals surface area contributed by atoms with Gasteiger partial charge in [-0.05, 0) is 69.2 Å². The summed E-state index contributed by atoms with van der Waals surface area (Å²) in [5.41, 5.74) is 1.75. The number of hydrogen-bond acceptors (Lipinski definition) is 3. The number of hydrogen-bond donors (Lipinski definition) is 0. The van der Waals surface area contributed by atoms with Gasteiger partial charge < -0.3 is 4.90 Å². The van der Waals surface area contributed by atoms with E-state index in [9.17, 15) is 13.2 Å². The number of likely N-dealkylation sites (tertiary alicyclic amines) is 1. The van der Waals surface area contributed by atoms with Crippen molar-refractivity contribution in [3.63, 3.8) is 0 Å². The molecule has 2 aromatic rings. The smallest absolute Gasteiger partial charge is 0.254 e. The van der Waals surface area contributed by atoms with Crippen molar-refractivity contribution in [3.05, 3.63) is 65.7 Å². The van der Waals surface area contributed by atoms with Crippen LogP contribution in [-0.2, 0) is 16.4 Å². The van der Waals surface area contributed by atoms with Crippen molar-refractivity contribution in [1.82, 2.24) is 9.21 Å². The molecule has 2 fully saturated rings. The number of benzene rings is 2. The van der Waals surface area contributed by atoms with Gasteiger partial charge in [-0.2, -0.15) is 4.31 Å². The molecule has 6 heteroatoms. The Balaban J connectivity index is 1.49. The molecule has 166 valence electrons. The summed E-state index contributed by atoms with van der Waals surface area (Å²) in [6.07, 6.45) is 6.70. The van der Waals surface area contributed by atoms with Crippen molar-refractivity contribution in [2.24, 2.45) is 0 Å². The molecule has 1 amide bonds. The number of sulfonamides is 1. The van der Waals surface area contributed by atoms with Gasteiger partial charge in [0.25, 0.3) is 5.91 Å². The van der Waals surface area contributed by atoms with E-state index >= 15 is 0 Å². The average molecular weight is 441 g/mol. The van der Waals surface area contributed by atoms with E-state index in [1.54, 1.807) is 28.6 Å². The fourth-order valence-corrected chi connectivity index (χ4v) is 6.65. The van der Waals surface area contributed by atoms with E-state index in [0.29, 0.717) is 12.1 Å². The summed E-state index contributed by atoms with van der Waals surface area (Å²) in [5.74, 6) is -0.0562. The SMILES string of the molecule is CC1CCCCN1S(=O)(=O)c1cccc(C(=O)N2CCCC2CCc2ccccc2)c1. The van der Waals surface area contributed by atoms with Gasteiger partial charge in [-0.15, -0.1) is 0 Å². The zero-order valence-corrected chi connectivity index (χ0v) is 19.1. The molecular formula is C25H32N2O3S. The van der Waals surface area contributed by atoms with Crippen molar-refractivity contribution >= 4 is 15.9 Å². The molecule has 2 heterocycles. The minimum absolute atomic E-state index is 0.000873. The number of rotatable bonds is 6. The fourth-order valence-electron chi connectivity index (χ4n) is 4.90. The van der Waals surface area contributed by atoms with Crippen molar-refractivity contribution in [2.45, 2.75) is 68.8 Å². The first kappa shape index (κ1) is 22.0. The quantitative estimate of drug-likeness (QED) is 0.665. The van der Waals surface area contributed by atoms with Crippen LogP contribution in [0.1, 0.15) is 61.4 Å². The Hall–Kier alpha value is -2.18. The number of piperidine rings is 1. The first-order valence-corrected chi connectivity index (χ1v) is 12.9. The summed E-state index contributed by atoms with van der Waals surface area (Å²) < 4.78 is 28.0. The van der Waals surface area contributed by atoms with Crippen LogP contribution in [0.2, 0.25) is 0 Å². The van der Waals surface area contributed by atoms with E-state index in [0.717, 1.165) is 51.5 Å². The number of aryl methyl sites for hydroxylation is 1. The van der Waals surface area contributed by atoms with E-state index in [1.807, 2.05) is 30.0 Å². The summed E-state index contributed by atoms with van der Waals surface area (Å²) in [4.78, 5) is 15.5. The van der Waals surface area contributed by atoms with E-state index in [-0.39, 0.29) is 22.9 Å². The van der Waals surface area contributed by atoms with Gasteiger partial charge >= 0.3 is 0 Å². The summed E-state index contributed by atoms with van der Waals surface area (Å²) in [7, 11) is -3.59. The third-order valence-corrected chi connectivity index (χ3v) is 8.69. The van der Waals surface area contributed by atoms with Gasteiger partial charge in [-0.3, -0.25) is 4.79 Å². The molecule has 2 unspecified atom stereocenters. The van der Waals surface area contributed by atoms with Crippen LogP contribution in [0.25, 0.3) is 0 Å². The highest BCUT2D eigenvalue weighted by Gasteiger charge is 2.33. The van der Waals surface area contributed by atoms with Crippen LogP contribution < -0.4 is 0 Å². The Morgan fingerprint density at radius 1 is 0.968 bits per heavy atom. The van der Waals surface area contributed by atoms with E-state index in [4.69, 9.17) is 0 Å². The second-order valence-electron chi connectivity index (χ2n) is 8.81. The van der Waals surface area contributed by atoms with Crippen molar-refractivity contribution < 1.29 is 13.2 Å². The van der Waals surface area contributed by atoms with Crippen molar-refractivity contribution in [2.75, 3.05) is 13.1 Å². The molecule has 2 saturated heterocycles. The van der Waals surface area contributed by atoms with Gasteiger partial charge in [0.15, 0.2) is 0 Å². The molecular weight excluding hydrogens is 408 g/mol. The van der Waals surface area contributed by atoms with Crippen LogP contribution in [-0.4, -0.2) is 48.7 Å². The molecule has 5 nitrogen and oxygen atoms in total. The van der Waals surface area contributed by atoms with Crippen LogP contribution in [0, 0.1) is 0 Å². The molecule has 0 radical (unpaired) electrons. The lowest BCUT2D eigenvalue weighted by Gasteiger charge is -2.32. The molecule has 0 aromatic heterocycles. The zero-order chi connectivity index (χ0) is 21.8. The predicted molar refractivity (Wildman–Crippen MR) is 122 cm³/mol. The predicted octanol–water partition coefficient (Wildman–Crippen LogP) is 4.49. The number of nitrogens with zero attached hydrogens (tertiary/aromatic N) is 2. The van der Waals surface area contributed by atoms with Crippen LogP contribution in [0.5, 0.6) is 0 Å².